The second-order valence-electron chi connectivity index (χ2n) is 4.05. The van der Waals surface area contributed by atoms with Crippen molar-refractivity contribution in [1.82, 2.24) is 10.0 Å². The van der Waals surface area contributed by atoms with Crippen molar-refractivity contribution in [2.45, 2.75) is 24.6 Å². The first-order valence-electron chi connectivity index (χ1n) is 5.82. The molecule has 0 aliphatic heterocycles. The van der Waals surface area contributed by atoms with Gasteiger partial charge in [0.25, 0.3) is 10.0 Å². The van der Waals surface area contributed by atoms with E-state index in [4.69, 9.17) is 8.83 Å². The predicted octanol–water partition coefficient (Wildman–Crippen LogP) is 1.63. The maximum absolute atomic E-state index is 11.5. The van der Waals surface area contributed by atoms with Crippen LogP contribution in [0, 0.1) is 0 Å². The average molecular weight is 284 g/mol. The lowest BCUT2D eigenvalue weighted by molar-refractivity contribution is 0.375. The average Bonchev–Trinajstić information content (AvgIpc) is 3.07. The van der Waals surface area contributed by atoms with Crippen LogP contribution in [0.2, 0.25) is 0 Å². The van der Waals surface area contributed by atoms with Crippen molar-refractivity contribution in [1.29, 1.82) is 0 Å². The van der Waals surface area contributed by atoms with E-state index >= 15 is 0 Å². The van der Waals surface area contributed by atoms with Crippen LogP contribution in [0.5, 0.6) is 0 Å². The van der Waals surface area contributed by atoms with Gasteiger partial charge in [0.15, 0.2) is 0 Å². The van der Waals surface area contributed by atoms with Crippen molar-refractivity contribution in [3.05, 3.63) is 42.0 Å². The summed E-state index contributed by atoms with van der Waals surface area (Å²) in [5.74, 6) is 1.36. The van der Waals surface area contributed by atoms with Crippen molar-refractivity contribution in [3.8, 4) is 0 Å². The largest absolute Gasteiger partial charge is 0.468 e. The Morgan fingerprint density at radius 1 is 1.32 bits per heavy atom. The minimum atomic E-state index is -3.52. The molecule has 2 rings (SSSR count). The summed E-state index contributed by atoms with van der Waals surface area (Å²) < 4.78 is 35.7. The molecule has 2 aromatic rings. The molecule has 0 saturated heterocycles. The third-order valence-corrected chi connectivity index (χ3v) is 4.01. The highest BCUT2D eigenvalue weighted by Crippen LogP contribution is 2.16. The lowest BCUT2D eigenvalue weighted by Crippen LogP contribution is -2.18. The number of rotatable bonds is 6. The minimum Gasteiger partial charge on any atom is -0.468 e. The van der Waals surface area contributed by atoms with Gasteiger partial charge in [-0.05, 0) is 38.2 Å². The Morgan fingerprint density at radius 2 is 2.11 bits per heavy atom. The molecule has 0 amide bonds. The first-order chi connectivity index (χ1) is 9.03. The normalized spacial score (nSPS) is 13.6. The van der Waals surface area contributed by atoms with E-state index in [1.165, 1.54) is 13.1 Å². The van der Waals surface area contributed by atoms with Gasteiger partial charge in [0.1, 0.15) is 11.5 Å². The van der Waals surface area contributed by atoms with Crippen LogP contribution in [0.1, 0.15) is 24.5 Å². The van der Waals surface area contributed by atoms with Crippen molar-refractivity contribution in [3.63, 3.8) is 0 Å². The molecule has 2 aromatic heterocycles. The second kappa shape index (κ2) is 5.60. The van der Waals surface area contributed by atoms with Gasteiger partial charge >= 0.3 is 0 Å². The number of sulfonamides is 1. The van der Waals surface area contributed by atoms with Gasteiger partial charge in [-0.2, -0.15) is 0 Å². The van der Waals surface area contributed by atoms with E-state index in [1.54, 1.807) is 12.3 Å². The van der Waals surface area contributed by atoms with Crippen LogP contribution in [-0.4, -0.2) is 15.5 Å². The fourth-order valence-electron chi connectivity index (χ4n) is 1.59. The molecule has 104 valence electrons. The van der Waals surface area contributed by atoms with Crippen LogP contribution in [0.3, 0.4) is 0 Å². The molecular weight excluding hydrogens is 268 g/mol. The van der Waals surface area contributed by atoms with Crippen molar-refractivity contribution in [2.24, 2.45) is 0 Å². The van der Waals surface area contributed by atoms with Gasteiger partial charge in [0.05, 0.1) is 18.8 Å². The summed E-state index contributed by atoms with van der Waals surface area (Å²) in [5, 5.41) is 3.10. The summed E-state index contributed by atoms with van der Waals surface area (Å²) in [7, 11) is -2.18. The molecule has 0 saturated carbocycles. The van der Waals surface area contributed by atoms with E-state index in [0.717, 1.165) is 5.76 Å². The molecule has 0 aromatic carbocycles. The maximum atomic E-state index is 11.5. The molecule has 1 atom stereocenters. The molecule has 1 unspecified atom stereocenters. The third kappa shape index (κ3) is 3.25. The standard InChI is InChI=1S/C12H16N2O4S/c1-9(11-4-3-7-17-11)14-8-10-5-6-12(18-10)19(15,16)13-2/h3-7,9,13-14H,8H2,1-2H3. The van der Waals surface area contributed by atoms with Crippen molar-refractivity contribution >= 4 is 10.0 Å². The monoisotopic (exact) mass is 284 g/mol. The molecule has 0 bridgehead atoms. The van der Waals surface area contributed by atoms with Gasteiger partial charge in [0.2, 0.25) is 5.09 Å². The molecule has 0 aliphatic rings. The highest BCUT2D eigenvalue weighted by atomic mass is 32.2. The summed E-state index contributed by atoms with van der Waals surface area (Å²) in [6.07, 6.45) is 1.61. The topological polar surface area (TPSA) is 84.5 Å². The SMILES string of the molecule is CNS(=O)(=O)c1ccc(CNC(C)c2ccco2)o1. The zero-order valence-corrected chi connectivity index (χ0v) is 11.5. The van der Waals surface area contributed by atoms with E-state index in [1.807, 2.05) is 19.1 Å². The highest BCUT2D eigenvalue weighted by molar-refractivity contribution is 7.89. The molecule has 0 spiro atoms. The lowest BCUT2D eigenvalue weighted by atomic mass is 10.2. The first kappa shape index (κ1) is 13.9. The number of hydrogen-bond donors (Lipinski definition) is 2. The van der Waals surface area contributed by atoms with Crippen LogP contribution in [0.4, 0.5) is 0 Å². The number of furan rings is 2. The Labute approximate surface area is 111 Å². The lowest BCUT2D eigenvalue weighted by Gasteiger charge is -2.09. The van der Waals surface area contributed by atoms with Crippen molar-refractivity contribution in [2.75, 3.05) is 7.05 Å². The zero-order valence-electron chi connectivity index (χ0n) is 10.7. The molecule has 0 aliphatic carbocycles. The Kier molecular flexibility index (Phi) is 4.08. The molecule has 6 nitrogen and oxygen atoms in total. The van der Waals surface area contributed by atoms with E-state index in [0.29, 0.717) is 12.3 Å². The third-order valence-electron chi connectivity index (χ3n) is 2.72. The molecule has 19 heavy (non-hydrogen) atoms. The van der Waals surface area contributed by atoms with Crippen LogP contribution in [-0.2, 0) is 16.6 Å². The number of hydrogen-bond acceptors (Lipinski definition) is 5. The van der Waals surface area contributed by atoms with Gasteiger partial charge in [0, 0.05) is 0 Å². The van der Waals surface area contributed by atoms with Gasteiger partial charge < -0.3 is 14.2 Å². The second-order valence-corrected chi connectivity index (χ2v) is 5.86. The zero-order chi connectivity index (χ0) is 13.9. The van der Waals surface area contributed by atoms with Gasteiger partial charge in [-0.1, -0.05) is 0 Å². The van der Waals surface area contributed by atoms with Crippen LogP contribution in [0.15, 0.2) is 44.5 Å². The fraction of sp³-hybridized carbons (Fsp3) is 0.333. The van der Waals surface area contributed by atoms with E-state index < -0.39 is 10.0 Å². The molecule has 0 radical (unpaired) electrons. The fourth-order valence-corrected chi connectivity index (χ4v) is 2.26. The maximum Gasteiger partial charge on any atom is 0.273 e. The Morgan fingerprint density at radius 3 is 2.74 bits per heavy atom. The molecule has 2 heterocycles. The molecular formula is C12H16N2O4S. The van der Waals surface area contributed by atoms with Crippen molar-refractivity contribution < 1.29 is 17.3 Å². The Balaban J connectivity index is 1.98. The van der Waals surface area contributed by atoms with Gasteiger partial charge in [-0.25, -0.2) is 13.1 Å². The van der Waals surface area contributed by atoms with E-state index in [2.05, 4.69) is 10.0 Å². The summed E-state index contributed by atoms with van der Waals surface area (Å²) in [5.41, 5.74) is 0. The highest BCUT2D eigenvalue weighted by Gasteiger charge is 2.16. The predicted molar refractivity (Wildman–Crippen MR) is 68.9 cm³/mol. The van der Waals surface area contributed by atoms with E-state index in [9.17, 15) is 8.42 Å². The summed E-state index contributed by atoms with van der Waals surface area (Å²) >= 11 is 0. The van der Waals surface area contributed by atoms with E-state index in [-0.39, 0.29) is 11.1 Å². The first-order valence-corrected chi connectivity index (χ1v) is 7.30. The van der Waals surface area contributed by atoms with Crippen LogP contribution < -0.4 is 10.0 Å². The summed E-state index contributed by atoms with van der Waals surface area (Å²) in [6, 6.07) is 6.77. The summed E-state index contributed by atoms with van der Waals surface area (Å²) in [4.78, 5) is 0. The molecule has 7 heteroatoms. The summed E-state index contributed by atoms with van der Waals surface area (Å²) in [6.45, 7) is 2.37. The Hall–Kier alpha value is -1.57. The smallest absolute Gasteiger partial charge is 0.273 e. The van der Waals surface area contributed by atoms with Crippen LogP contribution in [0.25, 0.3) is 0 Å². The van der Waals surface area contributed by atoms with Gasteiger partial charge in [-0.15, -0.1) is 0 Å². The molecule has 2 N–H and O–H groups in total. The minimum absolute atomic E-state index is 0.0180. The van der Waals surface area contributed by atoms with Crippen LogP contribution >= 0.6 is 0 Å². The van der Waals surface area contributed by atoms with Gasteiger partial charge in [-0.3, -0.25) is 0 Å². The number of nitrogens with one attached hydrogen (secondary N) is 2. The molecule has 0 fully saturated rings. The quantitative estimate of drug-likeness (QED) is 0.842. The Bertz CT molecular complexity index is 616.